The minimum Gasteiger partial charge on any atom is -0.457 e. The zero-order valence-electron chi connectivity index (χ0n) is 49.9. The van der Waals surface area contributed by atoms with Gasteiger partial charge in [0, 0.05) is 13.0 Å². The maximum Gasteiger partial charge on any atom is 0.306 e. The van der Waals surface area contributed by atoms with E-state index in [-0.39, 0.29) is 25.6 Å². The van der Waals surface area contributed by atoms with Crippen molar-refractivity contribution in [3.8, 4) is 0 Å². The third-order valence-corrected chi connectivity index (χ3v) is 15.4. The predicted molar refractivity (Wildman–Crippen MR) is 316 cm³/mol. The predicted octanol–water partition coefficient (Wildman–Crippen LogP) is 12.6. The average Bonchev–Trinajstić information content (AvgIpc) is 3.46. The molecule has 2 fully saturated rings. The molecule has 79 heavy (non-hydrogen) atoms. The van der Waals surface area contributed by atoms with Crippen molar-refractivity contribution in [2.75, 3.05) is 33.0 Å². The highest BCUT2D eigenvalue weighted by Gasteiger charge is 2.47. The first-order valence-corrected chi connectivity index (χ1v) is 32.2. The molecule has 2 aliphatic rings. The van der Waals surface area contributed by atoms with Crippen molar-refractivity contribution in [1.29, 1.82) is 0 Å². The minimum absolute atomic E-state index is 0.0640. The second kappa shape index (κ2) is 51.6. The lowest BCUT2D eigenvalue weighted by atomic mass is 9.98. The van der Waals surface area contributed by atoms with Crippen molar-refractivity contribution in [2.45, 2.75) is 325 Å². The summed E-state index contributed by atoms with van der Waals surface area (Å²) in [4.78, 5) is 13.1. The number of hydrogen-bond acceptors (Lipinski definition) is 14. The SMILES string of the molecule is CC/C=C\C/C=C\C/C=C\C/C=C\CCCCCCCCCCCCCCC(=O)OC(COCCCCCCCCCCCCCCCCCCCCCC)COC1OC(COC2OC(CO)C(O)C(O)C2O)C(O)C(O)C1O. The molecule has 0 bridgehead atoms. The van der Waals surface area contributed by atoms with E-state index >= 15 is 0 Å². The van der Waals surface area contributed by atoms with Gasteiger partial charge in [-0.3, -0.25) is 4.79 Å². The van der Waals surface area contributed by atoms with Crippen molar-refractivity contribution < 1.29 is 69.0 Å². The van der Waals surface area contributed by atoms with Crippen LogP contribution in [-0.2, 0) is 33.2 Å². The molecule has 462 valence electrons. The molecule has 2 heterocycles. The van der Waals surface area contributed by atoms with Crippen LogP contribution in [-0.4, -0.2) is 142 Å². The van der Waals surface area contributed by atoms with Gasteiger partial charge in [0.1, 0.15) is 54.9 Å². The van der Waals surface area contributed by atoms with Crippen LogP contribution in [0.15, 0.2) is 48.6 Å². The summed E-state index contributed by atoms with van der Waals surface area (Å²) in [6.45, 7) is 3.63. The quantitative estimate of drug-likeness (QED) is 0.0172. The molecule has 2 aliphatic heterocycles. The summed E-state index contributed by atoms with van der Waals surface area (Å²) in [5, 5.41) is 72.5. The standard InChI is InChI=1S/C65H118O14/c1-3-5-7-9-11-13-15-17-19-21-23-25-26-27-28-29-30-32-34-36-38-40-42-44-46-48-57(67)77-54(51-74-49-47-45-43-41-39-37-35-33-31-24-22-20-18-16-14-12-10-8-6-4-2)52-75-64-63(73)61(71)59(69)56(79-64)53-76-65-62(72)60(70)58(68)55(50-66)78-65/h5,7,11,13,17,19,23,25,54-56,58-66,68-73H,3-4,6,8-10,12,14-16,18,20-22,24,26-53H2,1-2H3/b7-5-,13-11-,19-17-,25-23-. The fourth-order valence-electron chi connectivity index (χ4n) is 10.2. The van der Waals surface area contributed by atoms with Crippen molar-refractivity contribution in [3.63, 3.8) is 0 Å². The van der Waals surface area contributed by atoms with Crippen LogP contribution >= 0.6 is 0 Å². The van der Waals surface area contributed by atoms with E-state index < -0.39 is 80.7 Å². The van der Waals surface area contributed by atoms with Gasteiger partial charge in [0.05, 0.1) is 26.4 Å². The van der Waals surface area contributed by atoms with Crippen molar-refractivity contribution >= 4 is 5.97 Å². The fourth-order valence-corrected chi connectivity index (χ4v) is 10.2. The van der Waals surface area contributed by atoms with Gasteiger partial charge in [-0.15, -0.1) is 0 Å². The Kier molecular flexibility index (Phi) is 47.7. The lowest BCUT2D eigenvalue weighted by Gasteiger charge is -2.42. The monoisotopic (exact) mass is 1120 g/mol. The number of esters is 1. The van der Waals surface area contributed by atoms with Crippen LogP contribution in [0, 0.1) is 0 Å². The number of rotatable bonds is 53. The van der Waals surface area contributed by atoms with E-state index in [9.17, 15) is 40.5 Å². The van der Waals surface area contributed by atoms with Crippen LogP contribution in [0.4, 0.5) is 0 Å². The van der Waals surface area contributed by atoms with Crippen molar-refractivity contribution in [1.82, 2.24) is 0 Å². The lowest BCUT2D eigenvalue weighted by molar-refractivity contribution is -0.332. The summed E-state index contributed by atoms with van der Waals surface area (Å²) >= 11 is 0. The van der Waals surface area contributed by atoms with Gasteiger partial charge in [-0.1, -0.05) is 249 Å². The van der Waals surface area contributed by atoms with Gasteiger partial charge in [-0.2, -0.15) is 0 Å². The molecule has 0 aromatic heterocycles. The van der Waals surface area contributed by atoms with Gasteiger partial charge in [0.25, 0.3) is 0 Å². The summed E-state index contributed by atoms with van der Waals surface area (Å²) in [7, 11) is 0. The van der Waals surface area contributed by atoms with Crippen molar-refractivity contribution in [2.24, 2.45) is 0 Å². The first-order valence-electron chi connectivity index (χ1n) is 32.2. The number of carbonyl (C=O) groups excluding carboxylic acids is 1. The maximum absolute atomic E-state index is 13.1. The molecular weight excluding hydrogens is 1000 g/mol. The van der Waals surface area contributed by atoms with E-state index in [4.69, 9.17) is 28.4 Å². The zero-order valence-corrected chi connectivity index (χ0v) is 49.9. The van der Waals surface area contributed by atoms with Crippen molar-refractivity contribution in [3.05, 3.63) is 48.6 Å². The first-order chi connectivity index (χ1) is 38.6. The Hall–Kier alpha value is -2.05. The van der Waals surface area contributed by atoms with Gasteiger partial charge in [0.15, 0.2) is 12.6 Å². The number of aliphatic hydroxyl groups excluding tert-OH is 7. The molecule has 0 aliphatic carbocycles. The van der Waals surface area contributed by atoms with E-state index in [0.29, 0.717) is 13.0 Å². The second-order valence-corrected chi connectivity index (χ2v) is 22.6. The molecular formula is C65H118O14. The van der Waals surface area contributed by atoms with Crippen LogP contribution in [0.3, 0.4) is 0 Å². The van der Waals surface area contributed by atoms with Gasteiger partial charge >= 0.3 is 5.97 Å². The van der Waals surface area contributed by atoms with Gasteiger partial charge < -0.3 is 64.2 Å². The maximum atomic E-state index is 13.1. The molecule has 11 atom stereocenters. The molecule has 0 radical (unpaired) electrons. The average molecular weight is 1120 g/mol. The molecule has 11 unspecified atom stereocenters. The van der Waals surface area contributed by atoms with Gasteiger partial charge in [0.2, 0.25) is 0 Å². The first kappa shape index (κ1) is 73.1. The summed E-state index contributed by atoms with van der Waals surface area (Å²) < 4.78 is 34.5. The van der Waals surface area contributed by atoms with E-state index in [1.165, 1.54) is 161 Å². The Balaban J connectivity index is 1.66. The molecule has 7 N–H and O–H groups in total. The fraction of sp³-hybridized carbons (Fsp3) is 0.862. The number of hydrogen-bond donors (Lipinski definition) is 7. The Morgan fingerprint density at radius 3 is 1.29 bits per heavy atom. The van der Waals surface area contributed by atoms with E-state index in [1.807, 2.05) is 0 Å². The number of allylic oxidation sites excluding steroid dienone is 8. The summed E-state index contributed by atoms with van der Waals surface area (Å²) in [6, 6.07) is 0. The van der Waals surface area contributed by atoms with Gasteiger partial charge in [-0.25, -0.2) is 0 Å². The Labute approximate surface area is 480 Å². The number of aliphatic hydroxyl groups is 7. The molecule has 0 spiro atoms. The smallest absolute Gasteiger partial charge is 0.306 e. The molecule has 14 nitrogen and oxygen atoms in total. The summed E-state index contributed by atoms with van der Waals surface area (Å²) in [6.07, 6.45) is 47.4. The normalized spacial score (nSPS) is 24.3. The Morgan fingerprint density at radius 2 is 0.823 bits per heavy atom. The van der Waals surface area contributed by atoms with Crippen LogP contribution in [0.1, 0.15) is 258 Å². The van der Waals surface area contributed by atoms with Crippen LogP contribution in [0.2, 0.25) is 0 Å². The summed E-state index contributed by atoms with van der Waals surface area (Å²) in [5.41, 5.74) is 0. The number of ether oxygens (including phenoxy) is 6. The lowest BCUT2D eigenvalue weighted by Crippen LogP contribution is -2.61. The van der Waals surface area contributed by atoms with Crippen LogP contribution < -0.4 is 0 Å². The molecule has 14 heteroatoms. The third kappa shape index (κ3) is 37.7. The zero-order chi connectivity index (χ0) is 57.2. The van der Waals surface area contributed by atoms with E-state index in [2.05, 4.69) is 62.5 Å². The molecule has 2 saturated heterocycles. The number of unbranched alkanes of at least 4 members (excludes halogenated alkanes) is 31. The molecule has 0 amide bonds. The Morgan fingerprint density at radius 1 is 0.430 bits per heavy atom. The Bertz CT molecular complexity index is 1490. The largest absolute Gasteiger partial charge is 0.457 e. The highest BCUT2D eigenvalue weighted by Crippen LogP contribution is 2.27. The topological polar surface area (TPSA) is 214 Å². The number of carbonyl (C=O) groups is 1. The minimum atomic E-state index is -1.71. The van der Waals surface area contributed by atoms with E-state index in [1.54, 1.807) is 0 Å². The highest BCUT2D eigenvalue weighted by molar-refractivity contribution is 5.69. The summed E-state index contributed by atoms with van der Waals surface area (Å²) in [5.74, 6) is -0.374. The third-order valence-electron chi connectivity index (χ3n) is 15.4. The van der Waals surface area contributed by atoms with Crippen LogP contribution in [0.5, 0.6) is 0 Å². The molecule has 0 aromatic carbocycles. The molecule has 2 rings (SSSR count). The second-order valence-electron chi connectivity index (χ2n) is 22.6. The highest BCUT2D eigenvalue weighted by atomic mass is 16.7. The molecule has 0 saturated carbocycles. The van der Waals surface area contributed by atoms with Gasteiger partial charge in [-0.05, 0) is 51.4 Å². The van der Waals surface area contributed by atoms with E-state index in [0.717, 1.165) is 70.6 Å². The van der Waals surface area contributed by atoms with Crippen LogP contribution in [0.25, 0.3) is 0 Å². The molecule has 0 aromatic rings.